The Hall–Kier alpha value is -4.56. The Balaban J connectivity index is 1.63. The molecule has 0 saturated heterocycles. The van der Waals surface area contributed by atoms with Crippen molar-refractivity contribution in [2.45, 2.75) is 0 Å². The average Bonchev–Trinajstić information content (AvgIpc) is 3.36. The zero-order valence-corrected chi connectivity index (χ0v) is 21.8. The van der Waals surface area contributed by atoms with Crippen molar-refractivity contribution in [3.63, 3.8) is 0 Å². The minimum atomic E-state index is -0.410. The second kappa shape index (κ2) is 12.1. The lowest BCUT2D eigenvalue weighted by Gasteiger charge is -2.21. The van der Waals surface area contributed by atoms with Gasteiger partial charge in [-0.25, -0.2) is 4.98 Å². The fourth-order valence-electron chi connectivity index (χ4n) is 3.82. The van der Waals surface area contributed by atoms with E-state index in [9.17, 15) is 9.59 Å². The largest absolute Gasteiger partial charge is 0.497 e. The summed E-state index contributed by atoms with van der Waals surface area (Å²) >= 11 is 5.95. The second-order valence-electron chi connectivity index (χ2n) is 8.28. The van der Waals surface area contributed by atoms with Gasteiger partial charge in [0.1, 0.15) is 18.0 Å². The average molecular weight is 531 g/mol. The summed E-state index contributed by atoms with van der Waals surface area (Å²) in [6.45, 7) is 3.71. The lowest BCUT2D eigenvalue weighted by atomic mass is 10.1. The van der Waals surface area contributed by atoms with Crippen LogP contribution >= 0.6 is 11.6 Å². The van der Waals surface area contributed by atoms with Crippen LogP contribution < -0.4 is 14.8 Å². The molecule has 194 valence electrons. The van der Waals surface area contributed by atoms with Crippen molar-refractivity contribution < 1.29 is 19.1 Å². The van der Waals surface area contributed by atoms with E-state index in [2.05, 4.69) is 16.9 Å². The molecule has 0 aliphatic rings. The number of methoxy groups -OCH3 is 2. The number of imidazole rings is 1. The first-order chi connectivity index (χ1) is 18.4. The maximum atomic E-state index is 13.2. The third-order valence-corrected chi connectivity index (χ3v) is 5.99. The summed E-state index contributed by atoms with van der Waals surface area (Å²) in [7, 11) is 3.19. The molecule has 4 aromatic rings. The van der Waals surface area contributed by atoms with Crippen molar-refractivity contribution in [2.75, 3.05) is 32.6 Å². The van der Waals surface area contributed by atoms with Crippen LogP contribution in [-0.2, 0) is 4.79 Å². The molecule has 0 unspecified atom stereocenters. The Kier molecular flexibility index (Phi) is 8.45. The quantitative estimate of drug-likeness (QED) is 0.274. The number of benzene rings is 3. The van der Waals surface area contributed by atoms with Crippen LogP contribution in [0.3, 0.4) is 0 Å². The van der Waals surface area contributed by atoms with Crippen LogP contribution in [0.1, 0.15) is 10.4 Å². The number of rotatable bonds is 10. The molecule has 9 heteroatoms. The van der Waals surface area contributed by atoms with Crippen molar-refractivity contribution in [1.29, 1.82) is 0 Å². The number of aromatic nitrogens is 2. The zero-order valence-electron chi connectivity index (χ0n) is 21.1. The Bertz CT molecular complexity index is 1430. The molecule has 0 fully saturated rings. The number of anilines is 1. The predicted octanol–water partition coefficient (Wildman–Crippen LogP) is 5.48. The molecule has 8 nitrogen and oxygen atoms in total. The van der Waals surface area contributed by atoms with E-state index in [1.54, 1.807) is 49.1 Å². The van der Waals surface area contributed by atoms with E-state index in [1.807, 2.05) is 54.7 Å². The van der Waals surface area contributed by atoms with E-state index in [-0.39, 0.29) is 19.0 Å². The van der Waals surface area contributed by atoms with E-state index in [4.69, 9.17) is 21.1 Å². The molecule has 0 radical (unpaired) electrons. The van der Waals surface area contributed by atoms with Crippen LogP contribution in [0.25, 0.3) is 16.9 Å². The van der Waals surface area contributed by atoms with Gasteiger partial charge in [0.05, 0.1) is 19.9 Å². The van der Waals surface area contributed by atoms with E-state index < -0.39 is 5.91 Å². The molecule has 38 heavy (non-hydrogen) atoms. The van der Waals surface area contributed by atoms with Gasteiger partial charge in [-0.15, -0.1) is 6.58 Å². The summed E-state index contributed by atoms with van der Waals surface area (Å²) in [5, 5.41) is 3.38. The summed E-state index contributed by atoms with van der Waals surface area (Å²) in [4.78, 5) is 32.3. The molecule has 3 aromatic carbocycles. The number of hydrogen-bond acceptors (Lipinski definition) is 5. The van der Waals surface area contributed by atoms with Gasteiger partial charge in [-0.2, -0.15) is 0 Å². The minimum Gasteiger partial charge on any atom is -0.497 e. The normalized spacial score (nSPS) is 10.5. The smallest absolute Gasteiger partial charge is 0.254 e. The number of hydrogen-bond donors (Lipinski definition) is 1. The molecule has 1 heterocycles. The topological polar surface area (TPSA) is 85.7 Å². The van der Waals surface area contributed by atoms with Crippen LogP contribution in [0.4, 0.5) is 5.95 Å². The van der Waals surface area contributed by atoms with Crippen LogP contribution in [0.15, 0.2) is 91.6 Å². The Morgan fingerprint density at radius 3 is 2.39 bits per heavy atom. The van der Waals surface area contributed by atoms with Gasteiger partial charge >= 0.3 is 0 Å². The zero-order chi connectivity index (χ0) is 27.1. The van der Waals surface area contributed by atoms with E-state index in [0.717, 1.165) is 11.3 Å². The molecule has 0 aliphatic carbocycles. The number of amides is 2. The summed E-state index contributed by atoms with van der Waals surface area (Å²) < 4.78 is 12.4. The number of nitrogens with zero attached hydrogens (tertiary/aromatic N) is 3. The van der Waals surface area contributed by atoms with E-state index in [1.165, 1.54) is 4.90 Å². The van der Waals surface area contributed by atoms with Gasteiger partial charge in [0, 0.05) is 34.6 Å². The highest BCUT2D eigenvalue weighted by molar-refractivity contribution is 6.30. The lowest BCUT2D eigenvalue weighted by Crippen LogP contribution is -2.38. The number of carbonyl (C=O) groups excluding carboxylic acids is 2. The molecule has 4 rings (SSSR count). The molecule has 0 aliphatic heterocycles. The van der Waals surface area contributed by atoms with E-state index in [0.29, 0.717) is 33.7 Å². The van der Waals surface area contributed by atoms with Crippen molar-refractivity contribution >= 4 is 29.4 Å². The van der Waals surface area contributed by atoms with Gasteiger partial charge in [0.2, 0.25) is 11.9 Å². The van der Waals surface area contributed by atoms with Crippen LogP contribution in [0.2, 0.25) is 5.02 Å². The standard InChI is InChI=1S/C29H27ClN4O4/c1-4-16-33(28(36)20-8-10-22(30)11-9-20)19-27(35)32-29-31-26(21-6-5-7-25(17-21)38-3)18-34(29)23-12-14-24(37-2)15-13-23/h4-15,17-18H,1,16,19H2,2-3H3,(H,31,32,35). The van der Waals surface area contributed by atoms with Crippen LogP contribution in [-0.4, -0.2) is 53.6 Å². The summed E-state index contributed by atoms with van der Waals surface area (Å²) in [5.74, 6) is 0.968. The molecule has 1 N–H and O–H groups in total. The Morgan fingerprint density at radius 1 is 1.03 bits per heavy atom. The first kappa shape index (κ1) is 26.5. The van der Waals surface area contributed by atoms with Crippen molar-refractivity contribution in [2.24, 2.45) is 0 Å². The maximum absolute atomic E-state index is 13.2. The van der Waals surface area contributed by atoms with Crippen LogP contribution in [0.5, 0.6) is 11.5 Å². The molecule has 0 spiro atoms. The third kappa shape index (κ3) is 6.22. The summed E-state index contributed by atoms with van der Waals surface area (Å²) in [5.41, 5.74) is 2.64. The highest BCUT2D eigenvalue weighted by Crippen LogP contribution is 2.27. The van der Waals surface area contributed by atoms with Gasteiger partial charge in [-0.05, 0) is 60.7 Å². The van der Waals surface area contributed by atoms with Gasteiger partial charge in [0.15, 0.2) is 0 Å². The van der Waals surface area contributed by atoms with Crippen LogP contribution in [0, 0.1) is 0 Å². The molecular weight excluding hydrogens is 504 g/mol. The summed E-state index contributed by atoms with van der Waals surface area (Å²) in [6.07, 6.45) is 3.40. The molecular formula is C29H27ClN4O4. The van der Waals surface area contributed by atoms with Crippen molar-refractivity contribution in [3.05, 3.63) is 102 Å². The third-order valence-electron chi connectivity index (χ3n) is 5.74. The highest BCUT2D eigenvalue weighted by atomic mass is 35.5. The number of ether oxygens (including phenoxy) is 2. The monoisotopic (exact) mass is 530 g/mol. The van der Waals surface area contributed by atoms with Gasteiger partial charge in [0.25, 0.3) is 5.91 Å². The fourth-order valence-corrected chi connectivity index (χ4v) is 3.94. The first-order valence-electron chi connectivity index (χ1n) is 11.8. The molecule has 0 atom stereocenters. The Morgan fingerprint density at radius 2 is 1.74 bits per heavy atom. The predicted molar refractivity (Wildman–Crippen MR) is 148 cm³/mol. The molecule has 1 aromatic heterocycles. The lowest BCUT2D eigenvalue weighted by molar-refractivity contribution is -0.116. The SMILES string of the molecule is C=CCN(CC(=O)Nc1nc(-c2cccc(OC)c2)cn1-c1ccc(OC)cc1)C(=O)c1ccc(Cl)cc1. The number of halogens is 1. The Labute approximate surface area is 226 Å². The fraction of sp³-hybridized carbons (Fsp3) is 0.138. The van der Waals surface area contributed by atoms with Crippen molar-refractivity contribution in [3.8, 4) is 28.4 Å². The molecule has 2 amide bonds. The highest BCUT2D eigenvalue weighted by Gasteiger charge is 2.20. The number of carbonyl (C=O) groups is 2. The molecule has 0 saturated carbocycles. The molecule has 0 bridgehead atoms. The number of nitrogens with one attached hydrogen (secondary N) is 1. The second-order valence-corrected chi connectivity index (χ2v) is 8.72. The summed E-state index contributed by atoms with van der Waals surface area (Å²) in [6, 6.07) is 21.4. The van der Waals surface area contributed by atoms with E-state index >= 15 is 0 Å². The minimum absolute atomic E-state index is 0.191. The van der Waals surface area contributed by atoms with Gasteiger partial charge in [-0.3, -0.25) is 19.5 Å². The van der Waals surface area contributed by atoms with Gasteiger partial charge in [-0.1, -0.05) is 29.8 Å². The first-order valence-corrected chi connectivity index (χ1v) is 12.1. The van der Waals surface area contributed by atoms with Crippen molar-refractivity contribution in [1.82, 2.24) is 14.5 Å². The van der Waals surface area contributed by atoms with Gasteiger partial charge < -0.3 is 14.4 Å². The maximum Gasteiger partial charge on any atom is 0.254 e.